The summed E-state index contributed by atoms with van der Waals surface area (Å²) in [6.07, 6.45) is 6.71. The molecule has 0 aromatic heterocycles. The van der Waals surface area contributed by atoms with Crippen molar-refractivity contribution in [2.75, 3.05) is 46.2 Å². The molecule has 9 fully saturated rings. The van der Waals surface area contributed by atoms with Gasteiger partial charge >= 0.3 is 71.9 Å². The highest BCUT2D eigenvalue weighted by Gasteiger charge is 2.60. The van der Waals surface area contributed by atoms with E-state index in [1.165, 1.54) is 0 Å². The Morgan fingerprint density at radius 1 is 0.388 bits per heavy atom. The van der Waals surface area contributed by atoms with Crippen molar-refractivity contribution in [1.29, 1.82) is 0 Å². The van der Waals surface area contributed by atoms with E-state index in [-0.39, 0.29) is 27.2 Å². The number of hydrogen-bond acceptors (Lipinski definition) is 18. The number of hydrogen-bond donors (Lipinski definition) is 0. The number of carbonyl (C=O) groups excluding carboxylic acids is 9. The first-order chi connectivity index (χ1) is 39.0. The summed E-state index contributed by atoms with van der Waals surface area (Å²) in [7, 11) is 0. The summed E-state index contributed by atoms with van der Waals surface area (Å²) in [6, 6.07) is 0. The van der Waals surface area contributed by atoms with Crippen LogP contribution in [-0.2, 0) is 85.8 Å². The molecule has 0 heterocycles. The van der Waals surface area contributed by atoms with E-state index in [1.807, 2.05) is 20.8 Å². The van der Waals surface area contributed by atoms with Gasteiger partial charge in [-0.05, 0) is 186 Å². The highest BCUT2D eigenvalue weighted by atomic mass is 19.3. The van der Waals surface area contributed by atoms with E-state index in [2.05, 4.69) is 23.7 Å². The smallest absolute Gasteiger partial charge is 0.462 e. The second kappa shape index (κ2) is 29.7. The highest BCUT2D eigenvalue weighted by molar-refractivity contribution is 5.84. The van der Waals surface area contributed by atoms with Gasteiger partial charge in [-0.2, -0.15) is 26.3 Å². The zero-order valence-electron chi connectivity index (χ0n) is 50.2. The first-order valence-corrected chi connectivity index (χ1v) is 29.8. The van der Waals surface area contributed by atoms with Crippen molar-refractivity contribution in [3.63, 3.8) is 0 Å². The molecule has 9 aliphatic rings. The predicted octanol–water partition coefficient (Wildman–Crippen LogP) is 11.6. The molecule has 85 heavy (non-hydrogen) atoms. The van der Waals surface area contributed by atoms with Crippen LogP contribution in [-0.4, -0.2) is 118 Å². The maximum Gasteiger partial charge on any atom is 0.504 e. The summed E-state index contributed by atoms with van der Waals surface area (Å²) in [4.78, 5) is 107. The Kier molecular flexibility index (Phi) is 25.2. The molecule has 9 saturated carbocycles. The summed E-state index contributed by atoms with van der Waals surface area (Å²) in [5.41, 5.74) is -3.65. The van der Waals surface area contributed by atoms with Crippen LogP contribution < -0.4 is 0 Å². The van der Waals surface area contributed by atoms with Gasteiger partial charge in [0.05, 0.1) is 33.0 Å². The van der Waals surface area contributed by atoms with E-state index in [0.29, 0.717) is 106 Å². The number of halogens is 6. The standard InChI is InChI=1S/C22H32F2O6.C21H30F2O6.C17H26F2O6.CH4/c1-4-20(2,3)17(25)28-5-6-29-19(27)22(23,24)13-30-18(26)21-10-14-7-15(11-21)9-16(8-14)12-21;1-4-19(2,3)16(24)27-5-6-28-18(26)21(22,23)29-17(25)20-10-13-7-14(11-20)9-15(8-13)12-20;1-4-16(2,3)14(21)23-10-11-24-15(22)17(18,19)25-13(20)12-8-6-5-7-9-12;/h14-16H,4-13H2,1-3H3;13-15H,4-12H2,1-3H3;12H,4-11H2,1-3H3;1H4. The average Bonchev–Trinajstić information content (AvgIpc) is 0.905. The van der Waals surface area contributed by atoms with Crippen LogP contribution in [0.15, 0.2) is 0 Å². The molecule has 0 amide bonds. The number of rotatable bonds is 25. The Morgan fingerprint density at radius 2 is 0.671 bits per heavy atom. The van der Waals surface area contributed by atoms with Crippen molar-refractivity contribution < 1.29 is 112 Å². The summed E-state index contributed by atoms with van der Waals surface area (Å²) in [6.45, 7) is 11.7. The normalized spacial score (nSPS) is 25.9. The molecule has 18 nitrogen and oxygen atoms in total. The second-order valence-corrected chi connectivity index (χ2v) is 26.4. The molecule has 9 rings (SSSR count). The van der Waals surface area contributed by atoms with Crippen LogP contribution in [0.3, 0.4) is 0 Å². The van der Waals surface area contributed by atoms with E-state index in [1.54, 1.807) is 41.5 Å². The lowest BCUT2D eigenvalue weighted by Crippen LogP contribution is -2.52. The second-order valence-electron chi connectivity index (χ2n) is 26.4. The van der Waals surface area contributed by atoms with Crippen LogP contribution in [0.1, 0.15) is 198 Å². The molecule has 0 unspecified atom stereocenters. The van der Waals surface area contributed by atoms with Gasteiger partial charge < -0.3 is 42.6 Å². The zero-order chi connectivity index (χ0) is 62.7. The van der Waals surface area contributed by atoms with E-state index < -0.39 is 131 Å². The molecular formula is C61H92F6O18. The first kappa shape index (κ1) is 72.3. The monoisotopic (exact) mass is 1230 g/mol. The topological polar surface area (TPSA) is 237 Å². The third-order valence-electron chi connectivity index (χ3n) is 18.4. The maximum absolute atomic E-state index is 14.2. The Bertz CT molecular complexity index is 2270. The largest absolute Gasteiger partial charge is 0.504 e. The highest BCUT2D eigenvalue weighted by Crippen LogP contribution is 2.62. The van der Waals surface area contributed by atoms with Gasteiger partial charge in [-0.1, -0.05) is 47.5 Å². The molecule has 0 aliphatic heterocycles. The minimum Gasteiger partial charge on any atom is -0.462 e. The van der Waals surface area contributed by atoms with Gasteiger partial charge in [-0.15, -0.1) is 0 Å². The maximum atomic E-state index is 14.2. The summed E-state index contributed by atoms with van der Waals surface area (Å²) >= 11 is 0. The number of ether oxygens (including phenoxy) is 9. The number of alkyl halides is 6. The first-order valence-electron chi connectivity index (χ1n) is 29.8. The Hall–Kier alpha value is -5.19. The van der Waals surface area contributed by atoms with Gasteiger partial charge in [0.15, 0.2) is 6.61 Å². The van der Waals surface area contributed by atoms with Crippen molar-refractivity contribution in [3.05, 3.63) is 0 Å². The van der Waals surface area contributed by atoms with Gasteiger partial charge in [-0.25, -0.2) is 14.4 Å². The van der Waals surface area contributed by atoms with Crippen molar-refractivity contribution in [1.82, 2.24) is 0 Å². The number of carbonyl (C=O) groups is 9. The quantitative estimate of drug-likeness (QED) is 0.0357. The molecule has 486 valence electrons. The third kappa shape index (κ3) is 19.4. The van der Waals surface area contributed by atoms with Gasteiger partial charge in [0.2, 0.25) is 0 Å². The third-order valence-corrected chi connectivity index (χ3v) is 18.4. The van der Waals surface area contributed by atoms with Gasteiger partial charge in [0.1, 0.15) is 39.6 Å². The van der Waals surface area contributed by atoms with Crippen LogP contribution in [0.25, 0.3) is 0 Å². The fourth-order valence-electron chi connectivity index (χ4n) is 13.0. The van der Waals surface area contributed by atoms with Gasteiger partial charge in [0, 0.05) is 0 Å². The van der Waals surface area contributed by atoms with Crippen molar-refractivity contribution in [2.24, 2.45) is 68.5 Å². The Morgan fingerprint density at radius 3 is 0.988 bits per heavy atom. The molecule has 0 spiro atoms. The zero-order valence-corrected chi connectivity index (χ0v) is 50.2. The fraction of sp³-hybridized carbons (Fsp3) is 0.852. The molecule has 24 heteroatoms. The lowest BCUT2D eigenvalue weighted by molar-refractivity contribution is -0.255. The van der Waals surface area contributed by atoms with Crippen LogP contribution in [0.5, 0.6) is 0 Å². The SMILES string of the molecule is C.CCC(C)(C)C(=O)OCCOC(=O)C(F)(F)COC(=O)C12CC3CC(CC(C3)C1)C2.CCC(C)(C)C(=O)OCCOC(=O)C(F)(F)OC(=O)C12CC3CC(CC(C3)C1)C2.CCC(C)(C)C(=O)OCCOC(=O)C(F)(F)OC(=O)C1CCCCC1. The van der Waals surface area contributed by atoms with E-state index in [0.717, 1.165) is 57.8 Å². The molecule has 0 aromatic carbocycles. The van der Waals surface area contributed by atoms with Crippen molar-refractivity contribution in [2.45, 2.75) is 216 Å². The fourth-order valence-corrected chi connectivity index (χ4v) is 13.0. The minimum atomic E-state index is -4.35. The molecule has 9 aliphatic carbocycles. The average molecular weight is 1230 g/mol. The molecule has 0 N–H and O–H groups in total. The van der Waals surface area contributed by atoms with Crippen LogP contribution in [0, 0.1) is 68.5 Å². The van der Waals surface area contributed by atoms with E-state index in [9.17, 15) is 69.5 Å². The van der Waals surface area contributed by atoms with Crippen molar-refractivity contribution >= 4 is 53.7 Å². The Balaban J connectivity index is 0.000000273. The minimum absolute atomic E-state index is 0. The summed E-state index contributed by atoms with van der Waals surface area (Å²) < 4.78 is 125. The summed E-state index contributed by atoms with van der Waals surface area (Å²) in [5.74, 6) is -11.8. The van der Waals surface area contributed by atoms with Gasteiger partial charge in [-0.3, -0.25) is 28.8 Å². The van der Waals surface area contributed by atoms with Gasteiger partial charge in [0.25, 0.3) is 0 Å². The molecule has 0 saturated heterocycles. The van der Waals surface area contributed by atoms with Crippen LogP contribution >= 0.6 is 0 Å². The Labute approximate surface area is 495 Å². The molecule has 0 radical (unpaired) electrons. The predicted molar refractivity (Wildman–Crippen MR) is 290 cm³/mol. The van der Waals surface area contributed by atoms with Crippen molar-refractivity contribution in [3.8, 4) is 0 Å². The molecule has 0 aromatic rings. The van der Waals surface area contributed by atoms with Crippen LogP contribution in [0.4, 0.5) is 26.3 Å². The number of esters is 9. The molecular weight excluding hydrogens is 1130 g/mol. The molecule has 8 bridgehead atoms. The van der Waals surface area contributed by atoms with Crippen LogP contribution in [0.2, 0.25) is 0 Å². The lowest BCUT2D eigenvalue weighted by atomic mass is 9.49. The van der Waals surface area contributed by atoms with E-state index >= 15 is 0 Å². The summed E-state index contributed by atoms with van der Waals surface area (Å²) in [5, 5.41) is 0. The molecule has 0 atom stereocenters. The van der Waals surface area contributed by atoms with E-state index in [4.69, 9.17) is 18.9 Å². The lowest BCUT2D eigenvalue weighted by Gasteiger charge is -2.55.